The first-order valence-corrected chi connectivity index (χ1v) is 10.7. The van der Waals surface area contributed by atoms with Gasteiger partial charge in [0.2, 0.25) is 15.9 Å². The van der Waals surface area contributed by atoms with Crippen molar-refractivity contribution >= 4 is 27.7 Å². The zero-order chi connectivity index (χ0) is 20.0. The molecule has 1 aromatic carbocycles. The van der Waals surface area contributed by atoms with Gasteiger partial charge in [0, 0.05) is 43.6 Å². The molecule has 0 aliphatic heterocycles. The third kappa shape index (κ3) is 5.95. The highest BCUT2D eigenvalue weighted by atomic mass is 32.2. The van der Waals surface area contributed by atoms with Crippen LogP contribution in [0.25, 0.3) is 0 Å². The number of carbonyl (C=O) groups is 1. The Balaban J connectivity index is 1.91. The zero-order valence-electron chi connectivity index (χ0n) is 15.5. The van der Waals surface area contributed by atoms with Crippen molar-refractivity contribution in [3.63, 3.8) is 0 Å². The van der Waals surface area contributed by atoms with E-state index < -0.39 is 15.6 Å². The number of carbonyl (C=O) groups excluding carboxylic acids is 1. The van der Waals surface area contributed by atoms with E-state index in [0.29, 0.717) is 12.3 Å². The second-order valence-corrected chi connectivity index (χ2v) is 9.45. The maximum absolute atomic E-state index is 12.2. The Morgan fingerprint density at radius 1 is 1.15 bits per heavy atom. The summed E-state index contributed by atoms with van der Waals surface area (Å²) in [6, 6.07) is 10.5. The topological polar surface area (TPSA) is 88.5 Å². The highest BCUT2D eigenvalue weighted by molar-refractivity contribution is 7.99. The van der Waals surface area contributed by atoms with E-state index in [1.165, 1.54) is 31.9 Å². The van der Waals surface area contributed by atoms with Gasteiger partial charge in [-0.25, -0.2) is 12.7 Å². The number of hydrogen-bond acceptors (Lipinski definition) is 5. The monoisotopic (exact) mass is 409 g/mol. The Morgan fingerprint density at radius 2 is 1.81 bits per heavy atom. The van der Waals surface area contributed by atoms with Crippen LogP contribution >= 0.6 is 11.8 Å². The average molecular weight is 410 g/mol. The predicted octanol–water partition coefficient (Wildman–Crippen LogP) is 1.32. The van der Waals surface area contributed by atoms with Crippen LogP contribution in [0.15, 0.2) is 57.2 Å². The molecule has 1 amide bonds. The summed E-state index contributed by atoms with van der Waals surface area (Å²) in [4.78, 5) is 25.1. The molecule has 27 heavy (non-hydrogen) atoms. The van der Waals surface area contributed by atoms with E-state index in [1.807, 2.05) is 31.2 Å². The maximum atomic E-state index is 12.2. The number of aromatic nitrogens is 1. The van der Waals surface area contributed by atoms with E-state index in [-0.39, 0.29) is 17.3 Å². The molecule has 0 saturated heterocycles. The minimum atomic E-state index is -3.67. The minimum absolute atomic E-state index is 0.0326. The first-order valence-electron chi connectivity index (χ1n) is 8.29. The summed E-state index contributed by atoms with van der Waals surface area (Å²) in [5.74, 6) is 0.347. The van der Waals surface area contributed by atoms with Gasteiger partial charge in [-0.05, 0) is 25.1 Å². The van der Waals surface area contributed by atoms with Gasteiger partial charge in [0.15, 0.2) is 0 Å². The first-order chi connectivity index (χ1) is 12.7. The highest BCUT2D eigenvalue weighted by Gasteiger charge is 2.18. The Kier molecular flexibility index (Phi) is 7.23. The quantitative estimate of drug-likeness (QED) is 0.525. The van der Waals surface area contributed by atoms with E-state index in [0.717, 1.165) is 19.8 Å². The van der Waals surface area contributed by atoms with Crippen LogP contribution < -0.4 is 10.9 Å². The van der Waals surface area contributed by atoms with Gasteiger partial charge < -0.3 is 9.88 Å². The van der Waals surface area contributed by atoms with Crippen molar-refractivity contribution in [2.24, 2.45) is 0 Å². The summed E-state index contributed by atoms with van der Waals surface area (Å²) >= 11 is 1.62. The number of rotatable bonds is 8. The summed E-state index contributed by atoms with van der Waals surface area (Å²) in [6.07, 6.45) is 1.19. The number of aryl methyl sites for hydroxylation is 1. The number of pyridine rings is 1. The van der Waals surface area contributed by atoms with Crippen LogP contribution in [0, 0.1) is 6.92 Å². The minimum Gasteiger partial charge on any atom is -0.354 e. The lowest BCUT2D eigenvalue weighted by Gasteiger charge is -2.13. The van der Waals surface area contributed by atoms with Gasteiger partial charge in [-0.2, -0.15) is 0 Å². The standard InChI is InChI=1S/C18H23N3O4S2/c1-14-4-6-15(7-5-14)26-11-10-19-17(22)13-21-12-16(8-9-18(21)23)27(24,25)20(2)3/h4-9,12H,10-11,13H2,1-3H3,(H,19,22). The van der Waals surface area contributed by atoms with E-state index in [4.69, 9.17) is 0 Å². The number of hydrogen-bond donors (Lipinski definition) is 1. The molecule has 0 radical (unpaired) electrons. The van der Waals surface area contributed by atoms with Crippen molar-refractivity contribution in [2.75, 3.05) is 26.4 Å². The van der Waals surface area contributed by atoms with Crippen molar-refractivity contribution in [3.8, 4) is 0 Å². The molecule has 0 aliphatic rings. The van der Waals surface area contributed by atoms with Gasteiger partial charge in [0.25, 0.3) is 5.56 Å². The van der Waals surface area contributed by atoms with E-state index in [2.05, 4.69) is 5.32 Å². The van der Waals surface area contributed by atoms with Crippen molar-refractivity contribution in [1.82, 2.24) is 14.2 Å². The van der Waals surface area contributed by atoms with Gasteiger partial charge in [-0.15, -0.1) is 11.8 Å². The Bertz CT molecular complexity index is 951. The fraction of sp³-hybridized carbons (Fsp3) is 0.333. The van der Waals surface area contributed by atoms with Crippen LogP contribution in [-0.4, -0.2) is 49.6 Å². The molecule has 0 bridgehead atoms. The summed E-state index contributed by atoms with van der Waals surface area (Å²) in [6.45, 7) is 2.24. The second-order valence-electron chi connectivity index (χ2n) is 6.13. The van der Waals surface area contributed by atoms with E-state index in [9.17, 15) is 18.0 Å². The molecule has 0 unspecified atom stereocenters. The third-order valence-electron chi connectivity index (χ3n) is 3.76. The molecule has 1 N–H and O–H groups in total. The lowest BCUT2D eigenvalue weighted by atomic mass is 10.2. The fourth-order valence-electron chi connectivity index (χ4n) is 2.20. The van der Waals surface area contributed by atoms with Crippen molar-refractivity contribution in [1.29, 1.82) is 0 Å². The second kappa shape index (κ2) is 9.20. The van der Waals surface area contributed by atoms with Gasteiger partial charge >= 0.3 is 0 Å². The van der Waals surface area contributed by atoms with Gasteiger partial charge in [-0.3, -0.25) is 9.59 Å². The Labute approximate surface area is 163 Å². The highest BCUT2D eigenvalue weighted by Crippen LogP contribution is 2.17. The normalized spacial score (nSPS) is 11.6. The molecule has 0 saturated carbocycles. The molecule has 0 fully saturated rings. The third-order valence-corrected chi connectivity index (χ3v) is 6.58. The van der Waals surface area contributed by atoms with Gasteiger partial charge in [0.1, 0.15) is 6.54 Å². The molecule has 1 heterocycles. The maximum Gasteiger partial charge on any atom is 0.251 e. The Morgan fingerprint density at radius 3 is 2.44 bits per heavy atom. The summed E-state index contributed by atoms with van der Waals surface area (Å²) in [5.41, 5.74) is 0.758. The van der Waals surface area contributed by atoms with Crippen LogP contribution in [0.5, 0.6) is 0 Å². The number of benzene rings is 1. The van der Waals surface area contributed by atoms with Gasteiger partial charge in [-0.1, -0.05) is 17.7 Å². The number of nitrogens with zero attached hydrogens (tertiary/aromatic N) is 2. The molecule has 1 aromatic heterocycles. The average Bonchev–Trinajstić information content (AvgIpc) is 2.62. The lowest BCUT2D eigenvalue weighted by Crippen LogP contribution is -2.34. The van der Waals surface area contributed by atoms with E-state index in [1.54, 1.807) is 11.8 Å². The first kappa shape index (κ1) is 21.2. The molecule has 0 atom stereocenters. The van der Waals surface area contributed by atoms with Crippen molar-refractivity contribution in [3.05, 3.63) is 58.5 Å². The van der Waals surface area contributed by atoms with E-state index >= 15 is 0 Å². The van der Waals surface area contributed by atoms with Crippen LogP contribution in [0.1, 0.15) is 5.56 Å². The molecular formula is C18H23N3O4S2. The van der Waals surface area contributed by atoms with Crippen LogP contribution in [0.3, 0.4) is 0 Å². The molecule has 2 aromatic rings. The summed E-state index contributed by atoms with van der Waals surface area (Å²) < 4.78 is 26.5. The van der Waals surface area contributed by atoms with Crippen LogP contribution in [0.2, 0.25) is 0 Å². The van der Waals surface area contributed by atoms with Crippen molar-refractivity contribution < 1.29 is 13.2 Å². The number of thioether (sulfide) groups is 1. The lowest BCUT2D eigenvalue weighted by molar-refractivity contribution is -0.121. The van der Waals surface area contributed by atoms with Crippen LogP contribution in [0.4, 0.5) is 0 Å². The molecular weight excluding hydrogens is 386 g/mol. The largest absolute Gasteiger partial charge is 0.354 e. The van der Waals surface area contributed by atoms with Crippen LogP contribution in [-0.2, 0) is 21.4 Å². The molecule has 0 aliphatic carbocycles. The number of nitrogens with one attached hydrogen (secondary N) is 1. The summed E-state index contributed by atoms with van der Waals surface area (Å²) in [7, 11) is -0.856. The summed E-state index contributed by atoms with van der Waals surface area (Å²) in [5, 5.41) is 2.74. The fourth-order valence-corrected chi connectivity index (χ4v) is 3.89. The molecule has 9 heteroatoms. The molecule has 146 valence electrons. The van der Waals surface area contributed by atoms with Gasteiger partial charge in [0.05, 0.1) is 4.90 Å². The number of sulfonamides is 1. The van der Waals surface area contributed by atoms with Crippen molar-refractivity contribution in [2.45, 2.75) is 23.3 Å². The molecule has 2 rings (SSSR count). The SMILES string of the molecule is Cc1ccc(SCCNC(=O)Cn2cc(S(=O)(=O)N(C)C)ccc2=O)cc1. The molecule has 0 spiro atoms. The predicted molar refractivity (Wildman–Crippen MR) is 106 cm³/mol. The molecule has 7 nitrogen and oxygen atoms in total. The Hall–Kier alpha value is -2.10. The zero-order valence-corrected chi connectivity index (χ0v) is 17.1. The smallest absolute Gasteiger partial charge is 0.251 e. The number of amides is 1.